The number of rotatable bonds is 4. The summed E-state index contributed by atoms with van der Waals surface area (Å²) in [6.07, 6.45) is 3.92. The summed E-state index contributed by atoms with van der Waals surface area (Å²) < 4.78 is 22.6. The van der Waals surface area contributed by atoms with Gasteiger partial charge in [-0.3, -0.25) is 4.90 Å². The molecule has 10 heteroatoms. The van der Waals surface area contributed by atoms with Crippen molar-refractivity contribution in [3.8, 4) is 23.1 Å². The first kappa shape index (κ1) is 21.9. The SMILES string of the molecule is Cc1ccnc(Oc2ccc(-c3nc(N)c4cc5n(c4n3)CCN(C3CCNCC3)C5)cc2F)n1. The summed E-state index contributed by atoms with van der Waals surface area (Å²) in [6, 6.07) is 9.15. The maximum atomic E-state index is 14.9. The molecule has 5 heterocycles. The van der Waals surface area contributed by atoms with E-state index < -0.39 is 5.82 Å². The predicted molar refractivity (Wildman–Crippen MR) is 130 cm³/mol. The van der Waals surface area contributed by atoms with Crippen LogP contribution in [-0.2, 0) is 13.1 Å². The average Bonchev–Trinajstić information content (AvgIpc) is 3.24. The smallest absolute Gasteiger partial charge is 0.322 e. The number of hydrogen-bond acceptors (Lipinski definition) is 8. The highest BCUT2D eigenvalue weighted by Gasteiger charge is 2.27. The number of nitrogen functional groups attached to an aromatic ring is 1. The van der Waals surface area contributed by atoms with Gasteiger partial charge < -0.3 is 20.4 Å². The number of fused-ring (bicyclic) bond motifs is 3. The fraction of sp³-hybridized carbons (Fsp3) is 0.360. The molecule has 1 saturated heterocycles. The standard InChI is InChI=1S/C25H27FN8O/c1-15-4-9-29-25(30-15)35-21-3-2-16(12-20(21)26)23-31-22(27)19-13-18-14-33(17-5-7-28-8-6-17)10-11-34(18)24(19)32-23/h2-4,9,12-13,17,28H,5-8,10-11,14H2,1H3,(H2,27,31,32). The zero-order valence-corrected chi connectivity index (χ0v) is 19.5. The molecule has 0 saturated carbocycles. The molecule has 1 aromatic carbocycles. The highest BCUT2D eigenvalue weighted by atomic mass is 19.1. The number of aryl methyl sites for hydroxylation is 1. The molecule has 4 aromatic rings. The zero-order valence-electron chi connectivity index (χ0n) is 19.5. The maximum absolute atomic E-state index is 14.9. The Balaban J connectivity index is 1.29. The normalized spacial score (nSPS) is 17.0. The Morgan fingerprint density at radius 1 is 1.09 bits per heavy atom. The number of nitrogens with one attached hydrogen (secondary N) is 1. The van der Waals surface area contributed by atoms with Crippen molar-refractivity contribution in [3.05, 3.63) is 53.7 Å². The van der Waals surface area contributed by atoms with Crippen LogP contribution in [-0.4, -0.2) is 55.1 Å². The molecule has 0 unspecified atom stereocenters. The topological polar surface area (TPSA) is 107 Å². The van der Waals surface area contributed by atoms with Gasteiger partial charge in [-0.15, -0.1) is 0 Å². The van der Waals surface area contributed by atoms with Crippen LogP contribution in [0.5, 0.6) is 11.8 Å². The predicted octanol–water partition coefficient (Wildman–Crippen LogP) is 3.28. The summed E-state index contributed by atoms with van der Waals surface area (Å²) in [4.78, 5) is 20.0. The molecule has 0 spiro atoms. The van der Waals surface area contributed by atoms with Crippen molar-refractivity contribution in [2.75, 3.05) is 25.4 Å². The van der Waals surface area contributed by atoms with Crippen LogP contribution in [0.3, 0.4) is 0 Å². The molecule has 2 aliphatic rings. The third kappa shape index (κ3) is 4.19. The first-order valence-corrected chi connectivity index (χ1v) is 11.9. The maximum Gasteiger partial charge on any atom is 0.322 e. The van der Waals surface area contributed by atoms with Gasteiger partial charge in [-0.2, -0.15) is 0 Å². The molecule has 180 valence electrons. The number of anilines is 1. The van der Waals surface area contributed by atoms with Gasteiger partial charge in [0, 0.05) is 48.8 Å². The Labute approximate surface area is 202 Å². The third-order valence-corrected chi connectivity index (χ3v) is 6.83. The molecule has 2 aliphatic heterocycles. The Bertz CT molecular complexity index is 1400. The molecule has 0 bridgehead atoms. The van der Waals surface area contributed by atoms with E-state index in [4.69, 9.17) is 15.5 Å². The van der Waals surface area contributed by atoms with Gasteiger partial charge in [0.25, 0.3) is 0 Å². The van der Waals surface area contributed by atoms with Gasteiger partial charge in [-0.1, -0.05) is 0 Å². The Morgan fingerprint density at radius 3 is 2.74 bits per heavy atom. The van der Waals surface area contributed by atoms with E-state index in [1.807, 2.05) is 6.92 Å². The Hall–Kier alpha value is -3.63. The summed E-state index contributed by atoms with van der Waals surface area (Å²) in [5.41, 5.74) is 9.59. The quantitative estimate of drug-likeness (QED) is 0.464. The summed E-state index contributed by atoms with van der Waals surface area (Å²) in [5.74, 6) is 0.263. The van der Waals surface area contributed by atoms with Crippen LogP contribution >= 0.6 is 0 Å². The van der Waals surface area contributed by atoms with Crippen LogP contribution < -0.4 is 15.8 Å². The lowest BCUT2D eigenvalue weighted by Crippen LogP contribution is -2.46. The van der Waals surface area contributed by atoms with E-state index in [2.05, 4.69) is 35.8 Å². The summed E-state index contributed by atoms with van der Waals surface area (Å²) in [7, 11) is 0. The van der Waals surface area contributed by atoms with Gasteiger partial charge in [0.15, 0.2) is 17.4 Å². The molecule has 0 atom stereocenters. The Morgan fingerprint density at radius 2 is 1.94 bits per heavy atom. The Kier molecular flexibility index (Phi) is 5.54. The van der Waals surface area contributed by atoms with Gasteiger partial charge in [0.1, 0.15) is 11.5 Å². The van der Waals surface area contributed by atoms with Crippen LogP contribution in [0.4, 0.5) is 10.2 Å². The van der Waals surface area contributed by atoms with Gasteiger partial charge in [0.05, 0.1) is 5.39 Å². The van der Waals surface area contributed by atoms with E-state index in [0.29, 0.717) is 23.2 Å². The number of aromatic nitrogens is 5. The minimum atomic E-state index is -0.551. The molecular formula is C25H27FN8O. The van der Waals surface area contributed by atoms with Gasteiger partial charge in [0.2, 0.25) is 0 Å². The molecule has 9 nitrogen and oxygen atoms in total. The van der Waals surface area contributed by atoms with Crippen molar-refractivity contribution >= 4 is 16.9 Å². The summed E-state index contributed by atoms with van der Waals surface area (Å²) >= 11 is 0. The fourth-order valence-electron chi connectivity index (χ4n) is 5.00. The van der Waals surface area contributed by atoms with E-state index in [0.717, 1.165) is 49.5 Å². The molecule has 0 aliphatic carbocycles. The zero-order chi connectivity index (χ0) is 23.9. The second kappa shape index (κ2) is 8.86. The van der Waals surface area contributed by atoms with Gasteiger partial charge in [-0.25, -0.2) is 24.3 Å². The lowest BCUT2D eigenvalue weighted by molar-refractivity contribution is 0.129. The number of piperidine rings is 1. The monoisotopic (exact) mass is 474 g/mol. The minimum Gasteiger partial charge on any atom is -0.421 e. The molecule has 3 N–H and O–H groups in total. The van der Waals surface area contributed by atoms with Crippen molar-refractivity contribution in [2.45, 2.75) is 38.9 Å². The highest BCUT2D eigenvalue weighted by Crippen LogP contribution is 2.32. The van der Waals surface area contributed by atoms with E-state index in [-0.39, 0.29) is 11.8 Å². The molecule has 6 rings (SSSR count). The van der Waals surface area contributed by atoms with Crippen molar-refractivity contribution < 1.29 is 9.13 Å². The number of hydrogen-bond donors (Lipinski definition) is 2. The third-order valence-electron chi connectivity index (χ3n) is 6.83. The van der Waals surface area contributed by atoms with E-state index in [1.165, 1.54) is 30.7 Å². The summed E-state index contributed by atoms with van der Waals surface area (Å²) in [5, 5.41) is 4.28. The lowest BCUT2D eigenvalue weighted by Gasteiger charge is -2.37. The minimum absolute atomic E-state index is 0.0338. The largest absolute Gasteiger partial charge is 0.421 e. The number of benzene rings is 1. The van der Waals surface area contributed by atoms with Crippen molar-refractivity contribution in [1.82, 2.24) is 34.7 Å². The van der Waals surface area contributed by atoms with Crippen LogP contribution in [0.15, 0.2) is 36.5 Å². The number of nitrogens with two attached hydrogens (primary N) is 1. The summed E-state index contributed by atoms with van der Waals surface area (Å²) in [6.45, 7) is 6.65. The van der Waals surface area contributed by atoms with Crippen LogP contribution in [0.1, 0.15) is 24.2 Å². The van der Waals surface area contributed by atoms with Crippen LogP contribution in [0.2, 0.25) is 0 Å². The van der Waals surface area contributed by atoms with E-state index in [9.17, 15) is 4.39 Å². The fourth-order valence-corrected chi connectivity index (χ4v) is 5.00. The van der Waals surface area contributed by atoms with Crippen LogP contribution in [0, 0.1) is 12.7 Å². The van der Waals surface area contributed by atoms with Gasteiger partial charge in [-0.05, 0) is 63.2 Å². The molecule has 1 fully saturated rings. The second-order valence-electron chi connectivity index (χ2n) is 9.14. The van der Waals surface area contributed by atoms with Crippen molar-refractivity contribution in [2.24, 2.45) is 0 Å². The van der Waals surface area contributed by atoms with E-state index >= 15 is 0 Å². The average molecular weight is 475 g/mol. The van der Waals surface area contributed by atoms with Crippen molar-refractivity contribution in [3.63, 3.8) is 0 Å². The van der Waals surface area contributed by atoms with Crippen molar-refractivity contribution in [1.29, 1.82) is 0 Å². The first-order chi connectivity index (χ1) is 17.0. The molecule has 3 aromatic heterocycles. The van der Waals surface area contributed by atoms with Gasteiger partial charge >= 0.3 is 6.01 Å². The molecular weight excluding hydrogens is 447 g/mol. The molecule has 0 amide bonds. The number of halogens is 1. The molecule has 35 heavy (non-hydrogen) atoms. The van der Waals surface area contributed by atoms with E-state index in [1.54, 1.807) is 18.3 Å². The highest BCUT2D eigenvalue weighted by molar-refractivity contribution is 5.89. The second-order valence-corrected chi connectivity index (χ2v) is 9.14. The number of nitrogens with zero attached hydrogens (tertiary/aromatic N) is 6. The number of ether oxygens (including phenoxy) is 1. The first-order valence-electron chi connectivity index (χ1n) is 11.9. The van der Waals surface area contributed by atoms with Crippen LogP contribution in [0.25, 0.3) is 22.4 Å². The lowest BCUT2D eigenvalue weighted by atomic mass is 10.0. The molecule has 0 radical (unpaired) electrons.